The number of nitrogens with zero attached hydrogens (tertiary/aromatic N) is 2. The molecule has 10 heteroatoms. The van der Waals surface area contributed by atoms with Crippen molar-refractivity contribution < 1.29 is 22.7 Å². The second-order valence-corrected chi connectivity index (χ2v) is 14.5. The molecule has 0 aromatic heterocycles. The van der Waals surface area contributed by atoms with Gasteiger partial charge >= 0.3 is 0 Å². The monoisotopic (exact) mass is 739 g/mol. The number of para-hydroxylation sites is 1. The van der Waals surface area contributed by atoms with Crippen LogP contribution >= 0.6 is 15.9 Å². The summed E-state index contributed by atoms with van der Waals surface area (Å²) in [6.45, 7) is 3.25. The fourth-order valence-electron chi connectivity index (χ4n) is 5.27. The van der Waals surface area contributed by atoms with E-state index in [4.69, 9.17) is 4.74 Å². The number of amides is 2. The Morgan fingerprint density at radius 2 is 1.27 bits per heavy atom. The van der Waals surface area contributed by atoms with E-state index in [0.717, 1.165) is 19.9 Å². The molecule has 0 fully saturated rings. The standard InChI is InChI=1S/C39H38BrN3O5S/c1-29(2)41-39(45)37(26-30-12-6-3-7-13-30)42(27-31-18-20-32(40)21-19-31)38(44)28-43(49(46,47)36-16-10-5-11-17-36)33-22-24-35(25-23-33)48-34-14-8-4-9-15-34/h3-25,29,37H,26-28H2,1-2H3,(H,41,45)/t37-/m1/s1. The number of anilines is 1. The second-order valence-electron chi connectivity index (χ2n) is 11.8. The highest BCUT2D eigenvalue weighted by atomic mass is 79.9. The molecule has 0 unspecified atom stereocenters. The zero-order chi connectivity index (χ0) is 34.8. The van der Waals surface area contributed by atoms with Crippen molar-refractivity contribution in [3.05, 3.63) is 155 Å². The van der Waals surface area contributed by atoms with Gasteiger partial charge in [-0.2, -0.15) is 0 Å². The van der Waals surface area contributed by atoms with Crippen molar-refractivity contribution in [2.75, 3.05) is 10.8 Å². The van der Waals surface area contributed by atoms with E-state index in [2.05, 4.69) is 21.2 Å². The Bertz CT molecular complexity index is 1920. The van der Waals surface area contributed by atoms with Crippen molar-refractivity contribution in [1.29, 1.82) is 0 Å². The molecule has 8 nitrogen and oxygen atoms in total. The van der Waals surface area contributed by atoms with Crippen molar-refractivity contribution in [2.45, 2.75) is 43.8 Å². The Kier molecular flexibility index (Phi) is 11.9. The van der Waals surface area contributed by atoms with Crippen molar-refractivity contribution in [1.82, 2.24) is 10.2 Å². The highest BCUT2D eigenvalue weighted by Gasteiger charge is 2.34. The summed E-state index contributed by atoms with van der Waals surface area (Å²) in [7, 11) is -4.22. The molecule has 0 radical (unpaired) electrons. The summed E-state index contributed by atoms with van der Waals surface area (Å²) in [5.41, 5.74) is 1.92. The van der Waals surface area contributed by atoms with E-state index < -0.39 is 28.5 Å². The fourth-order valence-corrected chi connectivity index (χ4v) is 6.97. The zero-order valence-electron chi connectivity index (χ0n) is 27.3. The Balaban J connectivity index is 1.54. The molecule has 0 aliphatic heterocycles. The molecule has 0 spiro atoms. The van der Waals surface area contributed by atoms with Gasteiger partial charge in [0.2, 0.25) is 11.8 Å². The number of ether oxygens (including phenoxy) is 1. The minimum Gasteiger partial charge on any atom is -0.457 e. The Hall–Kier alpha value is -4.93. The van der Waals surface area contributed by atoms with E-state index in [0.29, 0.717) is 11.5 Å². The maximum absolute atomic E-state index is 14.6. The fraction of sp³-hybridized carbons (Fsp3) is 0.179. The van der Waals surface area contributed by atoms with Gasteiger partial charge in [-0.3, -0.25) is 13.9 Å². The van der Waals surface area contributed by atoms with E-state index in [1.54, 1.807) is 42.5 Å². The summed E-state index contributed by atoms with van der Waals surface area (Å²) >= 11 is 3.46. The average Bonchev–Trinajstić information content (AvgIpc) is 3.11. The number of benzene rings is 5. The number of sulfonamides is 1. The number of halogens is 1. The van der Waals surface area contributed by atoms with Gasteiger partial charge in [0, 0.05) is 23.5 Å². The molecule has 0 bridgehead atoms. The Morgan fingerprint density at radius 3 is 1.86 bits per heavy atom. The van der Waals surface area contributed by atoms with Gasteiger partial charge < -0.3 is 15.0 Å². The van der Waals surface area contributed by atoms with Crippen LogP contribution in [0.4, 0.5) is 5.69 Å². The van der Waals surface area contributed by atoms with E-state index in [-0.39, 0.29) is 35.5 Å². The average molecular weight is 741 g/mol. The number of hydrogen-bond acceptors (Lipinski definition) is 5. The summed E-state index contributed by atoms with van der Waals surface area (Å²) in [5, 5.41) is 2.97. The summed E-state index contributed by atoms with van der Waals surface area (Å²) in [6, 6.07) is 39.6. The lowest BCUT2D eigenvalue weighted by atomic mass is 10.0. The minimum atomic E-state index is -4.22. The van der Waals surface area contributed by atoms with Gasteiger partial charge in [-0.1, -0.05) is 94.8 Å². The molecule has 0 saturated carbocycles. The van der Waals surface area contributed by atoms with Gasteiger partial charge in [0.05, 0.1) is 10.6 Å². The van der Waals surface area contributed by atoms with Crippen LogP contribution in [-0.2, 0) is 32.6 Å². The van der Waals surface area contributed by atoms with Crippen LogP contribution in [0.2, 0.25) is 0 Å². The molecule has 5 aromatic rings. The lowest BCUT2D eigenvalue weighted by molar-refractivity contribution is -0.140. The maximum Gasteiger partial charge on any atom is 0.264 e. The quantitative estimate of drug-likeness (QED) is 0.127. The number of hydrogen-bond donors (Lipinski definition) is 1. The van der Waals surface area contributed by atoms with Gasteiger partial charge in [-0.05, 0) is 85.6 Å². The lowest BCUT2D eigenvalue weighted by Gasteiger charge is -2.34. The van der Waals surface area contributed by atoms with Crippen LogP contribution in [0.3, 0.4) is 0 Å². The van der Waals surface area contributed by atoms with Crippen LogP contribution in [0.5, 0.6) is 11.5 Å². The number of carbonyl (C=O) groups is 2. The third kappa shape index (κ3) is 9.58. The molecule has 1 atom stereocenters. The predicted octanol–water partition coefficient (Wildman–Crippen LogP) is 7.60. The van der Waals surface area contributed by atoms with Crippen LogP contribution in [0.15, 0.2) is 149 Å². The highest BCUT2D eigenvalue weighted by Crippen LogP contribution is 2.29. The normalized spacial score (nSPS) is 11.8. The molecule has 0 aliphatic rings. The summed E-state index contributed by atoms with van der Waals surface area (Å²) in [5.74, 6) is 0.270. The largest absolute Gasteiger partial charge is 0.457 e. The number of rotatable bonds is 14. The molecule has 1 N–H and O–H groups in total. The molecule has 5 aromatic carbocycles. The topological polar surface area (TPSA) is 96.0 Å². The molecule has 2 amide bonds. The van der Waals surface area contributed by atoms with Crippen LogP contribution in [0, 0.1) is 0 Å². The number of nitrogens with one attached hydrogen (secondary N) is 1. The van der Waals surface area contributed by atoms with E-state index in [1.807, 2.05) is 98.8 Å². The first kappa shape index (κ1) is 35.4. The molecule has 0 saturated heterocycles. The lowest BCUT2D eigenvalue weighted by Crippen LogP contribution is -2.54. The molecule has 252 valence electrons. The summed E-state index contributed by atoms with van der Waals surface area (Å²) < 4.78 is 36.4. The van der Waals surface area contributed by atoms with Gasteiger partial charge in [-0.15, -0.1) is 0 Å². The van der Waals surface area contributed by atoms with Gasteiger partial charge in [0.1, 0.15) is 24.1 Å². The predicted molar refractivity (Wildman–Crippen MR) is 196 cm³/mol. The first-order chi connectivity index (χ1) is 23.6. The Morgan fingerprint density at radius 1 is 0.714 bits per heavy atom. The third-order valence-electron chi connectivity index (χ3n) is 7.68. The van der Waals surface area contributed by atoms with Crippen LogP contribution in [0.25, 0.3) is 0 Å². The second kappa shape index (κ2) is 16.5. The van der Waals surface area contributed by atoms with Crippen LogP contribution in [-0.4, -0.2) is 43.8 Å². The van der Waals surface area contributed by atoms with Crippen molar-refractivity contribution in [3.8, 4) is 11.5 Å². The van der Waals surface area contributed by atoms with E-state index in [9.17, 15) is 18.0 Å². The van der Waals surface area contributed by atoms with E-state index in [1.165, 1.54) is 17.0 Å². The Labute approximate surface area is 296 Å². The molecular weight excluding hydrogens is 702 g/mol. The van der Waals surface area contributed by atoms with Crippen molar-refractivity contribution >= 4 is 43.5 Å². The van der Waals surface area contributed by atoms with Crippen LogP contribution in [0.1, 0.15) is 25.0 Å². The van der Waals surface area contributed by atoms with Gasteiger partial charge in [-0.25, -0.2) is 8.42 Å². The molecular formula is C39H38BrN3O5S. The first-order valence-electron chi connectivity index (χ1n) is 15.9. The molecule has 0 aliphatic carbocycles. The molecule has 49 heavy (non-hydrogen) atoms. The van der Waals surface area contributed by atoms with Gasteiger partial charge in [0.25, 0.3) is 10.0 Å². The third-order valence-corrected chi connectivity index (χ3v) is 10.00. The maximum atomic E-state index is 14.6. The van der Waals surface area contributed by atoms with Gasteiger partial charge in [0.15, 0.2) is 0 Å². The smallest absolute Gasteiger partial charge is 0.264 e. The summed E-state index contributed by atoms with van der Waals surface area (Å²) in [6.07, 6.45) is 0.235. The highest BCUT2D eigenvalue weighted by molar-refractivity contribution is 9.10. The van der Waals surface area contributed by atoms with Crippen molar-refractivity contribution in [2.24, 2.45) is 0 Å². The number of carbonyl (C=O) groups excluding carboxylic acids is 2. The molecule has 0 heterocycles. The van der Waals surface area contributed by atoms with Crippen LogP contribution < -0.4 is 14.4 Å². The SMILES string of the molecule is CC(C)NC(=O)[C@@H](Cc1ccccc1)N(Cc1ccc(Br)cc1)C(=O)CN(c1ccc(Oc2ccccc2)cc1)S(=O)(=O)c1ccccc1. The first-order valence-corrected chi connectivity index (χ1v) is 18.1. The molecule has 5 rings (SSSR count). The van der Waals surface area contributed by atoms with Crippen molar-refractivity contribution in [3.63, 3.8) is 0 Å². The summed E-state index contributed by atoms with van der Waals surface area (Å²) in [4.78, 5) is 30.0. The minimum absolute atomic E-state index is 0.0326. The zero-order valence-corrected chi connectivity index (χ0v) is 29.7. The van der Waals surface area contributed by atoms with E-state index >= 15 is 0 Å².